The van der Waals surface area contributed by atoms with Crippen LogP contribution in [0.25, 0.3) is 11.4 Å². The Morgan fingerprint density at radius 2 is 1.87 bits per heavy atom. The number of aryl methyl sites for hydroxylation is 1. The van der Waals surface area contributed by atoms with Crippen LogP contribution in [-0.4, -0.2) is 39.9 Å². The lowest BCUT2D eigenvalue weighted by Crippen LogP contribution is -2.41. The Morgan fingerprint density at radius 1 is 1.16 bits per heavy atom. The summed E-state index contributed by atoms with van der Waals surface area (Å²) in [5.74, 6) is -0.274. The number of aromatic nitrogens is 2. The van der Waals surface area contributed by atoms with E-state index in [9.17, 15) is 14.0 Å². The van der Waals surface area contributed by atoms with Crippen molar-refractivity contribution in [3.63, 3.8) is 0 Å². The first-order valence-electron chi connectivity index (χ1n) is 9.86. The quantitative estimate of drug-likeness (QED) is 0.649. The van der Waals surface area contributed by atoms with Crippen molar-refractivity contribution in [1.29, 1.82) is 0 Å². The number of hydrogen-bond donors (Lipinski definition) is 1. The zero-order chi connectivity index (χ0) is 22.0. The average Bonchev–Trinajstić information content (AvgIpc) is 3.21. The van der Waals surface area contributed by atoms with Crippen LogP contribution in [0.1, 0.15) is 29.1 Å². The third-order valence-electron chi connectivity index (χ3n) is 5.26. The molecule has 7 nitrogen and oxygen atoms in total. The minimum Gasteiger partial charge on any atom is -0.339 e. The summed E-state index contributed by atoms with van der Waals surface area (Å²) in [4.78, 5) is 31.2. The van der Waals surface area contributed by atoms with Gasteiger partial charge in [0.2, 0.25) is 17.6 Å². The lowest BCUT2D eigenvalue weighted by Gasteiger charge is -2.31. The number of likely N-dealkylation sites (tertiary alicyclic amines) is 1. The van der Waals surface area contributed by atoms with Gasteiger partial charge in [0.25, 0.3) is 5.91 Å². The average molecular weight is 443 g/mol. The third kappa shape index (κ3) is 4.74. The molecule has 0 radical (unpaired) electrons. The van der Waals surface area contributed by atoms with Crippen molar-refractivity contribution < 1.29 is 18.5 Å². The Balaban J connectivity index is 1.33. The fraction of sp³-hybridized carbons (Fsp3) is 0.273. The predicted octanol–water partition coefficient (Wildman–Crippen LogP) is 4.33. The summed E-state index contributed by atoms with van der Waals surface area (Å²) in [6, 6.07) is 11.1. The number of rotatable bonds is 4. The number of anilines is 1. The highest BCUT2D eigenvalue weighted by molar-refractivity contribution is 6.30. The molecule has 0 saturated carbocycles. The van der Waals surface area contributed by atoms with E-state index in [1.54, 1.807) is 36.1 Å². The minimum atomic E-state index is -0.576. The second-order valence-corrected chi connectivity index (χ2v) is 7.83. The topological polar surface area (TPSA) is 88.3 Å². The molecule has 1 aromatic heterocycles. The van der Waals surface area contributed by atoms with Crippen LogP contribution < -0.4 is 5.32 Å². The maximum Gasteiger partial charge on any atom is 0.253 e. The molecule has 31 heavy (non-hydrogen) atoms. The maximum atomic E-state index is 13.9. The van der Waals surface area contributed by atoms with Crippen LogP contribution in [0, 0.1) is 18.7 Å². The van der Waals surface area contributed by atoms with Gasteiger partial charge in [0, 0.05) is 42.1 Å². The Morgan fingerprint density at radius 3 is 2.48 bits per heavy atom. The van der Waals surface area contributed by atoms with Crippen molar-refractivity contribution >= 4 is 29.1 Å². The first-order valence-corrected chi connectivity index (χ1v) is 10.2. The summed E-state index contributed by atoms with van der Waals surface area (Å²) in [6.07, 6.45) is 1.01. The normalized spacial score (nSPS) is 14.5. The van der Waals surface area contributed by atoms with Gasteiger partial charge in [-0.05, 0) is 43.2 Å². The first-order chi connectivity index (χ1) is 14.9. The molecule has 9 heteroatoms. The molecule has 1 fully saturated rings. The lowest BCUT2D eigenvalue weighted by atomic mass is 9.95. The molecule has 4 rings (SSSR count). The van der Waals surface area contributed by atoms with E-state index in [4.69, 9.17) is 16.1 Å². The van der Waals surface area contributed by atoms with Crippen LogP contribution in [0.15, 0.2) is 47.0 Å². The number of halogens is 2. The van der Waals surface area contributed by atoms with Crippen molar-refractivity contribution in [2.24, 2.45) is 5.92 Å². The van der Waals surface area contributed by atoms with Gasteiger partial charge >= 0.3 is 0 Å². The van der Waals surface area contributed by atoms with Gasteiger partial charge in [0.05, 0.1) is 5.69 Å². The fourth-order valence-electron chi connectivity index (χ4n) is 3.53. The van der Waals surface area contributed by atoms with E-state index in [-0.39, 0.29) is 28.4 Å². The maximum absolute atomic E-state index is 13.9. The summed E-state index contributed by atoms with van der Waals surface area (Å²) in [7, 11) is 0. The van der Waals surface area contributed by atoms with E-state index in [0.717, 1.165) is 11.6 Å². The van der Waals surface area contributed by atoms with Crippen LogP contribution in [0.5, 0.6) is 0 Å². The van der Waals surface area contributed by atoms with Crippen LogP contribution in [-0.2, 0) is 4.79 Å². The molecule has 0 unspecified atom stereocenters. The van der Waals surface area contributed by atoms with E-state index in [0.29, 0.717) is 43.2 Å². The molecule has 2 aromatic carbocycles. The number of nitrogens with one attached hydrogen (secondary N) is 1. The van der Waals surface area contributed by atoms with Crippen molar-refractivity contribution in [3.05, 3.63) is 64.8 Å². The van der Waals surface area contributed by atoms with Gasteiger partial charge < -0.3 is 14.7 Å². The molecule has 0 spiro atoms. The Bertz CT molecular complexity index is 1110. The first kappa shape index (κ1) is 21.0. The van der Waals surface area contributed by atoms with Crippen molar-refractivity contribution in [3.8, 4) is 11.4 Å². The molecule has 2 heterocycles. The number of piperidine rings is 1. The largest absolute Gasteiger partial charge is 0.339 e. The zero-order valence-electron chi connectivity index (χ0n) is 16.8. The monoisotopic (exact) mass is 442 g/mol. The Labute approximate surface area is 183 Å². The van der Waals surface area contributed by atoms with Crippen molar-refractivity contribution in [1.82, 2.24) is 15.0 Å². The number of nitrogens with zero attached hydrogens (tertiary/aromatic N) is 3. The van der Waals surface area contributed by atoms with Gasteiger partial charge in [-0.3, -0.25) is 9.59 Å². The molecule has 1 aliphatic heterocycles. The zero-order valence-corrected chi connectivity index (χ0v) is 17.5. The summed E-state index contributed by atoms with van der Waals surface area (Å²) < 4.78 is 18.9. The van der Waals surface area contributed by atoms with Crippen LogP contribution in [0.3, 0.4) is 0 Å². The number of amides is 2. The highest BCUT2D eigenvalue weighted by Crippen LogP contribution is 2.24. The molecule has 1 aliphatic rings. The SMILES string of the molecule is Cc1nc(-c2ccc(C(=O)N3CCC(C(=O)Nc4ccc(Cl)cc4F)CC3)cc2)no1. The molecular formula is C22H20ClFN4O3. The molecule has 1 N–H and O–H groups in total. The molecule has 1 saturated heterocycles. The molecule has 3 aromatic rings. The molecule has 2 amide bonds. The van der Waals surface area contributed by atoms with Gasteiger partial charge in [0.1, 0.15) is 5.82 Å². The predicted molar refractivity (Wildman–Crippen MR) is 113 cm³/mol. The van der Waals surface area contributed by atoms with Crippen LogP contribution >= 0.6 is 11.6 Å². The van der Waals surface area contributed by atoms with Crippen molar-refractivity contribution in [2.75, 3.05) is 18.4 Å². The van der Waals surface area contributed by atoms with Crippen molar-refractivity contribution in [2.45, 2.75) is 19.8 Å². The van der Waals surface area contributed by atoms with Gasteiger partial charge in [-0.1, -0.05) is 28.9 Å². The molecule has 0 aliphatic carbocycles. The van der Waals surface area contributed by atoms with E-state index in [1.165, 1.54) is 12.1 Å². The van der Waals surface area contributed by atoms with Gasteiger partial charge in [-0.15, -0.1) is 0 Å². The van der Waals surface area contributed by atoms with Gasteiger partial charge in [-0.25, -0.2) is 4.39 Å². The van der Waals surface area contributed by atoms with E-state index >= 15 is 0 Å². The van der Waals surface area contributed by atoms with Gasteiger partial charge in [0.15, 0.2) is 0 Å². The number of benzene rings is 2. The third-order valence-corrected chi connectivity index (χ3v) is 5.49. The summed E-state index contributed by atoms with van der Waals surface area (Å²) >= 11 is 5.74. The van der Waals surface area contributed by atoms with Crippen LogP contribution in [0.2, 0.25) is 5.02 Å². The molecule has 0 bridgehead atoms. The summed E-state index contributed by atoms with van der Waals surface area (Å²) in [5, 5.41) is 6.74. The van der Waals surface area contributed by atoms with Gasteiger partial charge in [-0.2, -0.15) is 4.98 Å². The molecule has 160 valence electrons. The number of carbonyl (C=O) groups is 2. The Hall–Kier alpha value is -3.26. The van der Waals surface area contributed by atoms with Crippen LogP contribution in [0.4, 0.5) is 10.1 Å². The lowest BCUT2D eigenvalue weighted by molar-refractivity contribution is -0.121. The minimum absolute atomic E-state index is 0.0987. The number of carbonyl (C=O) groups excluding carboxylic acids is 2. The Kier molecular flexibility index (Phi) is 5.99. The summed E-state index contributed by atoms with van der Waals surface area (Å²) in [6.45, 7) is 2.61. The smallest absolute Gasteiger partial charge is 0.253 e. The second kappa shape index (κ2) is 8.85. The molecule has 0 atom stereocenters. The van der Waals surface area contributed by atoms with E-state index < -0.39 is 5.82 Å². The number of hydrogen-bond acceptors (Lipinski definition) is 5. The standard InChI is InChI=1S/C22H20ClFN4O3/c1-13-25-20(27-31-13)14-2-4-16(5-3-14)22(30)28-10-8-15(9-11-28)21(29)26-19-7-6-17(23)12-18(19)24/h2-7,12,15H,8-11H2,1H3,(H,26,29). The molecular weight excluding hydrogens is 423 g/mol. The summed E-state index contributed by atoms with van der Waals surface area (Å²) in [5.41, 5.74) is 1.41. The highest BCUT2D eigenvalue weighted by atomic mass is 35.5. The van der Waals surface area contributed by atoms with E-state index in [2.05, 4.69) is 15.5 Å². The second-order valence-electron chi connectivity index (χ2n) is 7.39. The fourth-order valence-corrected chi connectivity index (χ4v) is 3.69. The highest BCUT2D eigenvalue weighted by Gasteiger charge is 2.28. The van der Waals surface area contributed by atoms with E-state index in [1.807, 2.05) is 0 Å².